The van der Waals surface area contributed by atoms with Crippen molar-refractivity contribution >= 4 is 6.08 Å². The molecule has 67 heavy (non-hydrogen) atoms. The van der Waals surface area contributed by atoms with E-state index in [0.717, 1.165) is 56.9 Å². The Balaban J connectivity index is 0.000000242. The van der Waals surface area contributed by atoms with Crippen molar-refractivity contribution in [2.24, 2.45) is 11.8 Å². The fourth-order valence-electron chi connectivity index (χ4n) is 9.04. The van der Waals surface area contributed by atoms with Crippen molar-refractivity contribution in [1.29, 1.82) is 0 Å². The van der Waals surface area contributed by atoms with Gasteiger partial charge in [0, 0.05) is 0 Å². The molecule has 2 aliphatic carbocycles. The molecule has 0 spiro atoms. The lowest BCUT2D eigenvalue weighted by Gasteiger charge is -2.28. The Morgan fingerprint density at radius 2 is 0.851 bits per heavy atom. The van der Waals surface area contributed by atoms with Crippen LogP contribution in [0.25, 0.3) is 6.08 Å². The second kappa shape index (κ2) is 23.9. The molecule has 0 heterocycles. The highest BCUT2D eigenvalue weighted by Gasteiger charge is 2.49. The van der Waals surface area contributed by atoms with Gasteiger partial charge in [-0.3, -0.25) is 0 Å². The van der Waals surface area contributed by atoms with E-state index in [2.05, 4.69) is 54.2 Å². The van der Waals surface area contributed by atoms with Gasteiger partial charge in [-0.2, -0.15) is 52.7 Å². The van der Waals surface area contributed by atoms with Gasteiger partial charge in [-0.25, -0.2) is 4.39 Å². The standard InChI is InChI=1S/C25H28F6O2.C17H24.C9H5F7O/c1-3-4-16-5-9-18(10-6-16)19-11-7-17(8-12-19)15-33-21-14-13-20(32-2)22(24(26,27)28)23(21)25(29,30)31;1-3-5-15-8-12-17(13-9-15)16-10-6-14(4-2)7-11-16;1-17-5-3-2-4(10)6(8(11,12)13)7(5)9(14,15)16/h7-8,11-14,16,18H,3-6,9-10,15H2,1-2H3;4,6-7,10-11,15,17H,2-3,5,8-9,12-13H2,1H3;2-3H,1H3. The van der Waals surface area contributed by atoms with Crippen LogP contribution in [0.15, 0.2) is 79.4 Å². The van der Waals surface area contributed by atoms with E-state index >= 15 is 0 Å². The molecule has 2 fully saturated rings. The largest absolute Gasteiger partial charge is 0.496 e. The first-order valence-electron chi connectivity index (χ1n) is 22.3. The van der Waals surface area contributed by atoms with E-state index in [4.69, 9.17) is 4.74 Å². The topological polar surface area (TPSA) is 27.7 Å². The molecule has 0 unspecified atom stereocenters. The Kier molecular flexibility index (Phi) is 19.5. The van der Waals surface area contributed by atoms with Gasteiger partial charge < -0.3 is 14.2 Å². The minimum absolute atomic E-state index is 0.275. The first kappa shape index (κ1) is 54.7. The average molecular weight is 965 g/mol. The van der Waals surface area contributed by atoms with E-state index in [1.165, 1.54) is 80.9 Å². The van der Waals surface area contributed by atoms with Gasteiger partial charge in [0.15, 0.2) is 0 Å². The highest BCUT2D eigenvalue weighted by Crippen LogP contribution is 2.50. The van der Waals surface area contributed by atoms with Crippen molar-refractivity contribution in [3.05, 3.63) is 130 Å². The molecule has 4 aromatic rings. The third-order valence-electron chi connectivity index (χ3n) is 12.4. The predicted octanol–water partition coefficient (Wildman–Crippen LogP) is 17.7. The van der Waals surface area contributed by atoms with Crippen molar-refractivity contribution in [2.45, 2.75) is 134 Å². The fraction of sp³-hybridized carbons (Fsp3) is 0.490. The summed E-state index contributed by atoms with van der Waals surface area (Å²) < 4.78 is 182. The minimum atomic E-state index is -5.45. The zero-order valence-electron chi connectivity index (χ0n) is 37.9. The summed E-state index contributed by atoms with van der Waals surface area (Å²) in [6.07, 6.45) is -3.94. The van der Waals surface area contributed by atoms with Crippen LogP contribution in [-0.4, -0.2) is 14.2 Å². The molecule has 4 aromatic carbocycles. The van der Waals surface area contributed by atoms with Crippen LogP contribution in [-0.2, 0) is 31.3 Å². The summed E-state index contributed by atoms with van der Waals surface area (Å²) in [5.74, 6) is -1.80. The lowest BCUT2D eigenvalue weighted by atomic mass is 9.77. The molecule has 0 atom stereocenters. The van der Waals surface area contributed by atoms with E-state index in [-0.39, 0.29) is 12.7 Å². The Morgan fingerprint density at radius 1 is 0.493 bits per heavy atom. The maximum atomic E-state index is 13.6. The zero-order valence-corrected chi connectivity index (χ0v) is 37.9. The number of ether oxygens (including phenoxy) is 3. The van der Waals surface area contributed by atoms with Crippen LogP contribution in [0.1, 0.15) is 147 Å². The highest BCUT2D eigenvalue weighted by molar-refractivity contribution is 5.52. The van der Waals surface area contributed by atoms with E-state index in [1.807, 2.05) is 18.2 Å². The van der Waals surface area contributed by atoms with Gasteiger partial charge in [0.05, 0.1) is 14.2 Å². The maximum absolute atomic E-state index is 13.6. The average Bonchev–Trinajstić information content (AvgIpc) is 3.28. The summed E-state index contributed by atoms with van der Waals surface area (Å²) in [6.45, 7) is 8.02. The Labute approximate surface area is 383 Å². The molecule has 0 aliphatic heterocycles. The molecule has 2 aliphatic rings. The molecule has 0 amide bonds. The molecule has 3 nitrogen and oxygen atoms in total. The van der Waals surface area contributed by atoms with Crippen LogP contribution >= 0.6 is 0 Å². The number of alkyl halides is 12. The smallest absolute Gasteiger partial charge is 0.420 e. The Hall–Kier alpha value is -4.89. The summed E-state index contributed by atoms with van der Waals surface area (Å²) in [7, 11) is 1.66. The van der Waals surface area contributed by atoms with Crippen LogP contribution in [0.2, 0.25) is 0 Å². The second-order valence-corrected chi connectivity index (χ2v) is 16.9. The molecule has 370 valence electrons. The van der Waals surface area contributed by atoms with Crippen LogP contribution in [0, 0.1) is 17.7 Å². The molecule has 0 saturated heterocycles. The van der Waals surface area contributed by atoms with Crippen molar-refractivity contribution in [3.63, 3.8) is 0 Å². The first-order chi connectivity index (χ1) is 31.5. The number of hydrogen-bond donors (Lipinski definition) is 0. The van der Waals surface area contributed by atoms with Gasteiger partial charge in [0.25, 0.3) is 0 Å². The van der Waals surface area contributed by atoms with E-state index < -0.39 is 70.0 Å². The number of rotatable bonds is 12. The van der Waals surface area contributed by atoms with E-state index in [0.29, 0.717) is 17.5 Å². The highest BCUT2D eigenvalue weighted by atomic mass is 19.4. The van der Waals surface area contributed by atoms with Gasteiger partial charge in [-0.15, -0.1) is 0 Å². The number of benzene rings is 4. The molecule has 6 rings (SSSR count). The first-order valence-corrected chi connectivity index (χ1v) is 22.3. The van der Waals surface area contributed by atoms with Crippen LogP contribution in [0.5, 0.6) is 17.2 Å². The monoisotopic (exact) mass is 964 g/mol. The summed E-state index contributed by atoms with van der Waals surface area (Å²) in [6, 6.07) is 18.8. The van der Waals surface area contributed by atoms with Crippen LogP contribution in [0.4, 0.5) is 57.1 Å². The molecule has 0 aromatic heterocycles. The Bertz CT molecular complexity index is 2140. The van der Waals surface area contributed by atoms with Crippen molar-refractivity contribution in [2.75, 3.05) is 14.2 Å². The van der Waals surface area contributed by atoms with Crippen LogP contribution < -0.4 is 14.2 Å². The summed E-state index contributed by atoms with van der Waals surface area (Å²) in [5, 5.41) is 0. The molecule has 0 radical (unpaired) electrons. The molecule has 0 bridgehead atoms. The molecular formula is C51H57F13O3. The number of hydrogen-bond acceptors (Lipinski definition) is 3. The summed E-state index contributed by atoms with van der Waals surface area (Å²) in [5.41, 5.74) is -3.78. The van der Waals surface area contributed by atoms with Crippen molar-refractivity contribution in [3.8, 4) is 17.2 Å². The summed E-state index contributed by atoms with van der Waals surface area (Å²) >= 11 is 0. The summed E-state index contributed by atoms with van der Waals surface area (Å²) in [4.78, 5) is 0. The van der Waals surface area contributed by atoms with E-state index in [9.17, 15) is 57.1 Å². The zero-order chi connectivity index (χ0) is 49.7. The molecule has 16 heteroatoms. The minimum Gasteiger partial charge on any atom is -0.496 e. The van der Waals surface area contributed by atoms with Gasteiger partial charge in [0.2, 0.25) is 0 Å². The Morgan fingerprint density at radius 3 is 1.22 bits per heavy atom. The predicted molar refractivity (Wildman–Crippen MR) is 232 cm³/mol. The normalized spacial score (nSPS) is 19.0. The maximum Gasteiger partial charge on any atom is 0.420 e. The number of methoxy groups -OCH3 is 2. The van der Waals surface area contributed by atoms with Crippen LogP contribution in [0.3, 0.4) is 0 Å². The molecule has 0 N–H and O–H groups in total. The van der Waals surface area contributed by atoms with Gasteiger partial charge in [0.1, 0.15) is 51.9 Å². The second-order valence-electron chi connectivity index (χ2n) is 16.9. The molecular weight excluding hydrogens is 908 g/mol. The lowest BCUT2D eigenvalue weighted by Crippen LogP contribution is -2.19. The van der Waals surface area contributed by atoms with Gasteiger partial charge in [-0.05, 0) is 122 Å². The number of halogens is 13. The van der Waals surface area contributed by atoms with Crippen molar-refractivity contribution < 1.29 is 71.3 Å². The SMILES string of the molecule is C=Cc1ccc(C2CCC(CCC)CC2)cc1.CCCC1CCC(c2ccc(COc3ccc(OC)c(C(F)(F)F)c3C(F)(F)F)cc2)CC1.COc1ccc(F)c(C(F)(F)F)c1C(F)(F)F. The third-order valence-corrected chi connectivity index (χ3v) is 12.4. The molecule has 2 saturated carbocycles. The quantitative estimate of drug-likeness (QED) is 0.132. The fourth-order valence-corrected chi connectivity index (χ4v) is 9.04. The lowest BCUT2D eigenvalue weighted by molar-refractivity contribution is -0.164. The van der Waals surface area contributed by atoms with Gasteiger partial charge >= 0.3 is 24.7 Å². The third kappa shape index (κ3) is 15.3. The van der Waals surface area contributed by atoms with Gasteiger partial charge in [-0.1, -0.05) is 101 Å². The van der Waals surface area contributed by atoms with E-state index in [1.54, 1.807) is 12.1 Å². The van der Waals surface area contributed by atoms with Crippen molar-refractivity contribution in [1.82, 2.24) is 0 Å².